The molecule has 3 saturated carbocycles. The third-order valence-corrected chi connectivity index (χ3v) is 6.41. The predicted octanol–water partition coefficient (Wildman–Crippen LogP) is 3.76. The van der Waals surface area contributed by atoms with Crippen LogP contribution in [0.4, 0.5) is 0 Å². The van der Waals surface area contributed by atoms with Crippen LogP contribution in [0.5, 0.6) is 0 Å². The first kappa shape index (κ1) is 15.3. The first-order valence-electron chi connectivity index (χ1n) is 9.07. The SMILES string of the molecule is CCOC1CC(N(C)C(=O)C2CCCCC2)C12CCCC2. The van der Waals surface area contributed by atoms with Gasteiger partial charge in [-0.2, -0.15) is 0 Å². The van der Waals surface area contributed by atoms with Crippen LogP contribution in [0.25, 0.3) is 0 Å². The van der Waals surface area contributed by atoms with Crippen molar-refractivity contribution < 1.29 is 9.53 Å². The molecule has 0 radical (unpaired) electrons. The molecule has 2 atom stereocenters. The number of nitrogens with zero attached hydrogens (tertiary/aromatic N) is 1. The minimum absolute atomic E-state index is 0.287. The fraction of sp³-hybridized carbons (Fsp3) is 0.944. The standard InChI is InChI=1S/C18H31NO2/c1-3-21-16-13-15(18(16)11-7-8-12-18)19(2)17(20)14-9-5-4-6-10-14/h14-16H,3-13H2,1-2H3. The van der Waals surface area contributed by atoms with E-state index in [1.807, 2.05) is 0 Å². The third-order valence-electron chi connectivity index (χ3n) is 6.41. The second-order valence-electron chi connectivity index (χ2n) is 7.42. The van der Waals surface area contributed by atoms with Crippen LogP contribution < -0.4 is 0 Å². The van der Waals surface area contributed by atoms with Gasteiger partial charge in [-0.3, -0.25) is 4.79 Å². The lowest BCUT2D eigenvalue weighted by molar-refractivity contribution is -0.175. The van der Waals surface area contributed by atoms with Crippen molar-refractivity contribution >= 4 is 5.91 Å². The van der Waals surface area contributed by atoms with Gasteiger partial charge in [-0.05, 0) is 39.0 Å². The van der Waals surface area contributed by atoms with E-state index < -0.39 is 0 Å². The van der Waals surface area contributed by atoms with Gasteiger partial charge in [0.15, 0.2) is 0 Å². The van der Waals surface area contributed by atoms with Crippen LogP contribution in [0.3, 0.4) is 0 Å². The van der Waals surface area contributed by atoms with E-state index in [4.69, 9.17) is 4.74 Å². The van der Waals surface area contributed by atoms with E-state index in [1.165, 1.54) is 44.9 Å². The number of rotatable bonds is 4. The Bertz CT molecular complexity index is 369. The molecule has 0 aromatic carbocycles. The molecule has 0 heterocycles. The van der Waals surface area contributed by atoms with Gasteiger partial charge in [0.1, 0.15) is 0 Å². The maximum Gasteiger partial charge on any atom is 0.225 e. The zero-order valence-electron chi connectivity index (χ0n) is 13.8. The van der Waals surface area contributed by atoms with Crippen molar-refractivity contribution in [2.24, 2.45) is 11.3 Å². The molecule has 3 rings (SSSR count). The zero-order valence-corrected chi connectivity index (χ0v) is 13.8. The summed E-state index contributed by atoms with van der Waals surface area (Å²) in [4.78, 5) is 14.9. The van der Waals surface area contributed by atoms with Gasteiger partial charge in [0, 0.05) is 31.0 Å². The minimum atomic E-state index is 0.287. The van der Waals surface area contributed by atoms with Crippen LogP contribution in [0, 0.1) is 11.3 Å². The largest absolute Gasteiger partial charge is 0.378 e. The number of hydrogen-bond donors (Lipinski definition) is 0. The molecule has 0 saturated heterocycles. The predicted molar refractivity (Wildman–Crippen MR) is 84.1 cm³/mol. The van der Waals surface area contributed by atoms with Gasteiger partial charge >= 0.3 is 0 Å². The maximum absolute atomic E-state index is 12.8. The lowest BCUT2D eigenvalue weighted by atomic mass is 9.60. The fourth-order valence-corrected chi connectivity index (χ4v) is 5.18. The average molecular weight is 293 g/mol. The van der Waals surface area contributed by atoms with Crippen molar-refractivity contribution in [3.8, 4) is 0 Å². The lowest BCUT2D eigenvalue weighted by Crippen LogP contribution is -2.64. The second-order valence-corrected chi connectivity index (χ2v) is 7.42. The highest BCUT2D eigenvalue weighted by Crippen LogP contribution is 2.56. The number of carbonyl (C=O) groups is 1. The van der Waals surface area contributed by atoms with Gasteiger partial charge in [-0.15, -0.1) is 0 Å². The summed E-state index contributed by atoms with van der Waals surface area (Å²) < 4.78 is 5.98. The summed E-state index contributed by atoms with van der Waals surface area (Å²) in [6, 6.07) is 0.436. The van der Waals surface area contributed by atoms with Gasteiger partial charge in [-0.1, -0.05) is 32.1 Å². The molecule has 0 aromatic heterocycles. The highest BCUT2D eigenvalue weighted by Gasteiger charge is 2.59. The molecule has 120 valence electrons. The van der Waals surface area contributed by atoms with Gasteiger partial charge in [-0.25, -0.2) is 0 Å². The average Bonchev–Trinajstić information content (AvgIpc) is 3.03. The summed E-state index contributed by atoms with van der Waals surface area (Å²) in [5.74, 6) is 0.717. The molecule has 0 aliphatic heterocycles. The number of carbonyl (C=O) groups excluding carboxylic acids is 1. The van der Waals surface area contributed by atoms with E-state index in [-0.39, 0.29) is 5.41 Å². The van der Waals surface area contributed by atoms with Crippen LogP contribution in [0.1, 0.15) is 71.1 Å². The van der Waals surface area contributed by atoms with Gasteiger partial charge in [0.25, 0.3) is 0 Å². The van der Waals surface area contributed by atoms with Crippen molar-refractivity contribution in [1.29, 1.82) is 0 Å². The summed E-state index contributed by atoms with van der Waals surface area (Å²) in [6.45, 7) is 2.90. The van der Waals surface area contributed by atoms with Crippen molar-refractivity contribution in [3.05, 3.63) is 0 Å². The third kappa shape index (κ3) is 2.62. The van der Waals surface area contributed by atoms with Gasteiger partial charge in [0.05, 0.1) is 6.10 Å². The number of amides is 1. The van der Waals surface area contributed by atoms with Crippen molar-refractivity contribution in [2.45, 2.75) is 83.3 Å². The first-order chi connectivity index (χ1) is 10.2. The molecule has 1 amide bonds. The minimum Gasteiger partial charge on any atom is -0.378 e. The van der Waals surface area contributed by atoms with Crippen molar-refractivity contribution in [1.82, 2.24) is 4.90 Å². The molecule has 3 nitrogen and oxygen atoms in total. The topological polar surface area (TPSA) is 29.5 Å². The quantitative estimate of drug-likeness (QED) is 0.790. The van der Waals surface area contributed by atoms with E-state index in [9.17, 15) is 4.79 Å². The molecule has 0 aromatic rings. The molecule has 0 N–H and O–H groups in total. The smallest absolute Gasteiger partial charge is 0.225 e. The number of ether oxygens (including phenoxy) is 1. The lowest BCUT2D eigenvalue weighted by Gasteiger charge is -2.57. The Hall–Kier alpha value is -0.570. The Balaban J connectivity index is 1.66. The summed E-state index contributed by atoms with van der Waals surface area (Å²) in [5.41, 5.74) is 0.287. The van der Waals surface area contributed by atoms with E-state index >= 15 is 0 Å². The Morgan fingerprint density at radius 2 is 1.81 bits per heavy atom. The Kier molecular flexibility index (Phi) is 4.58. The Labute approximate surface area is 129 Å². The zero-order chi connectivity index (χ0) is 14.9. The van der Waals surface area contributed by atoms with Crippen LogP contribution in [-0.4, -0.2) is 36.6 Å². The molecule has 0 bridgehead atoms. The summed E-state index contributed by atoms with van der Waals surface area (Å²) >= 11 is 0. The molecule has 3 aliphatic rings. The van der Waals surface area contributed by atoms with Gasteiger partial charge in [0.2, 0.25) is 5.91 Å². The molecule has 3 fully saturated rings. The highest BCUT2D eigenvalue weighted by molar-refractivity contribution is 5.79. The highest BCUT2D eigenvalue weighted by atomic mass is 16.5. The van der Waals surface area contributed by atoms with E-state index in [0.29, 0.717) is 24.0 Å². The molecule has 3 aliphatic carbocycles. The number of hydrogen-bond acceptors (Lipinski definition) is 2. The van der Waals surface area contributed by atoms with E-state index in [0.717, 1.165) is 25.9 Å². The van der Waals surface area contributed by atoms with E-state index in [2.05, 4.69) is 18.9 Å². The van der Waals surface area contributed by atoms with Crippen molar-refractivity contribution in [2.75, 3.05) is 13.7 Å². The molecular formula is C18H31NO2. The van der Waals surface area contributed by atoms with Crippen LogP contribution in [-0.2, 0) is 9.53 Å². The van der Waals surface area contributed by atoms with Crippen molar-refractivity contribution in [3.63, 3.8) is 0 Å². The molecule has 3 heteroatoms. The second kappa shape index (κ2) is 6.28. The Morgan fingerprint density at radius 3 is 2.43 bits per heavy atom. The fourth-order valence-electron chi connectivity index (χ4n) is 5.18. The van der Waals surface area contributed by atoms with Crippen LogP contribution >= 0.6 is 0 Å². The van der Waals surface area contributed by atoms with Gasteiger partial charge < -0.3 is 9.64 Å². The molecule has 2 unspecified atom stereocenters. The molecule has 1 spiro atoms. The molecule has 21 heavy (non-hydrogen) atoms. The monoisotopic (exact) mass is 293 g/mol. The first-order valence-corrected chi connectivity index (χ1v) is 9.07. The maximum atomic E-state index is 12.8. The Morgan fingerprint density at radius 1 is 1.14 bits per heavy atom. The van der Waals surface area contributed by atoms with E-state index in [1.54, 1.807) is 0 Å². The summed E-state index contributed by atoms with van der Waals surface area (Å²) in [5, 5.41) is 0. The van der Waals surface area contributed by atoms with Crippen LogP contribution in [0.2, 0.25) is 0 Å². The summed E-state index contributed by atoms with van der Waals surface area (Å²) in [7, 11) is 2.06. The van der Waals surface area contributed by atoms with Crippen LogP contribution in [0.15, 0.2) is 0 Å². The normalized spacial score (nSPS) is 32.1. The summed E-state index contributed by atoms with van der Waals surface area (Å²) in [6.07, 6.45) is 12.6. The molecular weight excluding hydrogens is 262 g/mol.